The second-order valence-electron chi connectivity index (χ2n) is 2.33. The summed E-state index contributed by atoms with van der Waals surface area (Å²) in [5.74, 6) is 0.0970. The molecular weight excluding hydrogens is 175 g/mol. The molecule has 3 heteroatoms. The number of phenolic OH excluding ortho intramolecular Hbond substituents is 1. The van der Waals surface area contributed by atoms with Gasteiger partial charge in [0.2, 0.25) is 0 Å². The van der Waals surface area contributed by atoms with Gasteiger partial charge in [0.25, 0.3) is 0 Å². The van der Waals surface area contributed by atoms with Gasteiger partial charge in [-0.15, -0.1) is 0 Å². The van der Waals surface area contributed by atoms with E-state index in [4.69, 9.17) is 5.11 Å². The van der Waals surface area contributed by atoms with Gasteiger partial charge < -0.3 is 5.11 Å². The van der Waals surface area contributed by atoms with E-state index in [2.05, 4.69) is 12.6 Å². The van der Waals surface area contributed by atoms with Crippen LogP contribution in [0.25, 0.3) is 6.08 Å². The molecule has 1 rings (SSSR count). The van der Waals surface area contributed by atoms with E-state index in [1.165, 1.54) is 12.1 Å². The molecule has 1 aromatic carbocycles. The molecule has 0 spiro atoms. The molecule has 1 nitrogen and oxygen atoms in total. The molecule has 0 saturated carbocycles. The zero-order chi connectivity index (χ0) is 8.97. The van der Waals surface area contributed by atoms with E-state index < -0.39 is 5.82 Å². The van der Waals surface area contributed by atoms with Crippen molar-refractivity contribution in [3.8, 4) is 5.75 Å². The molecule has 0 heterocycles. The van der Waals surface area contributed by atoms with Crippen LogP contribution in [-0.2, 0) is 0 Å². The Kier molecular flexibility index (Phi) is 3.17. The van der Waals surface area contributed by atoms with Crippen LogP contribution in [-0.4, -0.2) is 10.9 Å². The highest BCUT2D eigenvalue weighted by Gasteiger charge is 1.95. The Morgan fingerprint density at radius 2 is 2.17 bits per heavy atom. The average Bonchev–Trinajstić information content (AvgIpc) is 1.99. The molecule has 0 atom stereocenters. The molecule has 1 N–H and O–H groups in total. The monoisotopic (exact) mass is 184 g/mol. The molecule has 0 amide bonds. The third-order valence-electron chi connectivity index (χ3n) is 1.32. The number of thiol groups is 1. The molecule has 0 aliphatic heterocycles. The molecule has 0 radical (unpaired) electrons. The molecular formula is C9H9FOS. The van der Waals surface area contributed by atoms with Crippen molar-refractivity contribution in [3.05, 3.63) is 35.7 Å². The number of aromatic hydroxyl groups is 1. The van der Waals surface area contributed by atoms with E-state index in [0.717, 1.165) is 6.07 Å². The van der Waals surface area contributed by atoms with Gasteiger partial charge in [-0.2, -0.15) is 12.6 Å². The minimum atomic E-state index is -0.436. The van der Waals surface area contributed by atoms with Gasteiger partial charge in [0.15, 0.2) is 0 Å². The quantitative estimate of drug-likeness (QED) is 0.676. The summed E-state index contributed by atoms with van der Waals surface area (Å²) in [7, 11) is 0. The maximum Gasteiger partial charge on any atom is 0.127 e. The van der Waals surface area contributed by atoms with Crippen LogP contribution >= 0.6 is 12.6 Å². The highest BCUT2D eigenvalue weighted by Crippen LogP contribution is 2.15. The normalized spacial score (nSPS) is 10.8. The molecule has 0 fully saturated rings. The maximum atomic E-state index is 12.6. The molecule has 0 unspecified atom stereocenters. The molecule has 12 heavy (non-hydrogen) atoms. The molecule has 0 aliphatic rings. The zero-order valence-electron chi connectivity index (χ0n) is 6.37. The number of hydrogen-bond donors (Lipinski definition) is 2. The Morgan fingerprint density at radius 1 is 1.42 bits per heavy atom. The van der Waals surface area contributed by atoms with E-state index in [0.29, 0.717) is 11.3 Å². The van der Waals surface area contributed by atoms with Gasteiger partial charge in [0.1, 0.15) is 11.6 Å². The lowest BCUT2D eigenvalue weighted by Gasteiger charge is -1.95. The Balaban J connectivity index is 2.93. The van der Waals surface area contributed by atoms with Crippen molar-refractivity contribution in [1.82, 2.24) is 0 Å². The summed E-state index contributed by atoms with van der Waals surface area (Å²) in [5, 5.41) is 9.00. The van der Waals surface area contributed by atoms with Gasteiger partial charge >= 0.3 is 0 Å². The van der Waals surface area contributed by atoms with E-state index in [-0.39, 0.29) is 5.75 Å². The first kappa shape index (κ1) is 9.13. The second kappa shape index (κ2) is 4.16. The fraction of sp³-hybridized carbons (Fsp3) is 0.111. The third-order valence-corrected chi connectivity index (χ3v) is 1.53. The summed E-state index contributed by atoms with van der Waals surface area (Å²) in [6.07, 6.45) is 3.48. The topological polar surface area (TPSA) is 20.2 Å². The van der Waals surface area contributed by atoms with E-state index in [1.54, 1.807) is 12.2 Å². The minimum absolute atomic E-state index is 0.0613. The predicted molar refractivity (Wildman–Crippen MR) is 51.0 cm³/mol. The number of phenols is 1. The first-order chi connectivity index (χ1) is 5.72. The smallest absolute Gasteiger partial charge is 0.127 e. The maximum absolute atomic E-state index is 12.6. The van der Waals surface area contributed by atoms with Crippen molar-refractivity contribution in [2.45, 2.75) is 0 Å². The Morgan fingerprint density at radius 3 is 2.75 bits per heavy atom. The Bertz CT molecular complexity index is 276. The third kappa shape index (κ3) is 2.58. The summed E-state index contributed by atoms with van der Waals surface area (Å²) >= 11 is 3.96. The van der Waals surface area contributed by atoms with Crippen molar-refractivity contribution >= 4 is 18.7 Å². The lowest BCUT2D eigenvalue weighted by molar-refractivity contribution is 0.469. The predicted octanol–water partition coefficient (Wildman–Crippen LogP) is 2.47. The van der Waals surface area contributed by atoms with Crippen molar-refractivity contribution in [2.75, 3.05) is 5.75 Å². The minimum Gasteiger partial charge on any atom is -0.508 e. The zero-order valence-corrected chi connectivity index (χ0v) is 7.26. The molecule has 0 aliphatic carbocycles. The molecule has 1 aromatic rings. The highest BCUT2D eigenvalue weighted by molar-refractivity contribution is 7.80. The van der Waals surface area contributed by atoms with Crippen LogP contribution in [0.3, 0.4) is 0 Å². The standard InChI is InChI=1S/C9H9FOS/c10-8-4-7(2-1-3-12)5-9(11)6-8/h1-2,4-6,11-12H,3H2. The summed E-state index contributed by atoms with van der Waals surface area (Å²) in [6.45, 7) is 0. The van der Waals surface area contributed by atoms with E-state index in [9.17, 15) is 4.39 Å². The van der Waals surface area contributed by atoms with Crippen LogP contribution in [0.4, 0.5) is 4.39 Å². The molecule has 0 aromatic heterocycles. The molecule has 0 bridgehead atoms. The van der Waals surface area contributed by atoms with Crippen molar-refractivity contribution in [3.63, 3.8) is 0 Å². The van der Waals surface area contributed by atoms with Crippen LogP contribution in [0.2, 0.25) is 0 Å². The summed E-state index contributed by atoms with van der Waals surface area (Å²) in [4.78, 5) is 0. The number of halogens is 1. The SMILES string of the molecule is Oc1cc(F)cc(C=CCS)c1. The van der Waals surface area contributed by atoms with Gasteiger partial charge in [-0.3, -0.25) is 0 Å². The fourth-order valence-electron chi connectivity index (χ4n) is 0.881. The van der Waals surface area contributed by atoms with Crippen LogP contribution in [0.5, 0.6) is 5.75 Å². The second-order valence-corrected chi connectivity index (χ2v) is 2.69. The Hall–Kier alpha value is -0.960. The average molecular weight is 184 g/mol. The summed E-state index contributed by atoms with van der Waals surface area (Å²) in [5.41, 5.74) is 0.640. The van der Waals surface area contributed by atoms with Crippen LogP contribution in [0, 0.1) is 5.82 Å². The van der Waals surface area contributed by atoms with Crippen molar-refractivity contribution in [1.29, 1.82) is 0 Å². The first-order valence-corrected chi connectivity index (χ1v) is 4.12. The van der Waals surface area contributed by atoms with E-state index in [1.807, 2.05) is 0 Å². The Labute approximate surface area is 76.0 Å². The van der Waals surface area contributed by atoms with Crippen molar-refractivity contribution < 1.29 is 9.50 Å². The number of hydrogen-bond acceptors (Lipinski definition) is 2. The van der Waals surface area contributed by atoms with Gasteiger partial charge in [0, 0.05) is 11.8 Å². The largest absolute Gasteiger partial charge is 0.508 e. The van der Waals surface area contributed by atoms with Gasteiger partial charge in [0.05, 0.1) is 0 Å². The molecule has 0 saturated heterocycles. The van der Waals surface area contributed by atoms with Crippen LogP contribution in [0.1, 0.15) is 5.56 Å². The highest BCUT2D eigenvalue weighted by atomic mass is 32.1. The van der Waals surface area contributed by atoms with Gasteiger partial charge in [-0.1, -0.05) is 12.2 Å². The van der Waals surface area contributed by atoms with E-state index >= 15 is 0 Å². The number of rotatable bonds is 2. The molecule has 64 valence electrons. The fourth-order valence-corrected chi connectivity index (χ4v) is 0.987. The lowest BCUT2D eigenvalue weighted by atomic mass is 10.2. The number of benzene rings is 1. The van der Waals surface area contributed by atoms with Crippen LogP contribution in [0.15, 0.2) is 24.3 Å². The van der Waals surface area contributed by atoms with Crippen molar-refractivity contribution in [2.24, 2.45) is 0 Å². The summed E-state index contributed by atoms with van der Waals surface area (Å²) in [6, 6.07) is 3.90. The first-order valence-electron chi connectivity index (χ1n) is 3.49. The summed E-state index contributed by atoms with van der Waals surface area (Å²) < 4.78 is 12.6. The van der Waals surface area contributed by atoms with Gasteiger partial charge in [-0.25, -0.2) is 4.39 Å². The van der Waals surface area contributed by atoms with Gasteiger partial charge in [-0.05, 0) is 17.7 Å². The lowest BCUT2D eigenvalue weighted by Crippen LogP contribution is -1.77. The van der Waals surface area contributed by atoms with Crippen LogP contribution < -0.4 is 0 Å².